The van der Waals surface area contributed by atoms with Crippen molar-refractivity contribution < 1.29 is 0 Å². The van der Waals surface area contributed by atoms with Gasteiger partial charge in [0.25, 0.3) is 0 Å². The summed E-state index contributed by atoms with van der Waals surface area (Å²) in [5.74, 6) is 0. The molecule has 0 saturated heterocycles. The van der Waals surface area contributed by atoms with Crippen molar-refractivity contribution in [3.8, 4) is 11.1 Å². The smallest absolute Gasteiger partial charge is 0.124 e. The summed E-state index contributed by atoms with van der Waals surface area (Å²) in [6, 6.07) is 12.8. The lowest BCUT2D eigenvalue weighted by molar-refractivity contribution is 1.22. The van der Waals surface area contributed by atoms with E-state index >= 15 is 0 Å². The molecular weight excluding hydrogens is 262 g/mol. The molecule has 0 atom stereocenters. The number of thiophene rings is 1. The minimum absolute atomic E-state index is 1.03. The van der Waals surface area contributed by atoms with E-state index in [1.165, 1.54) is 22.1 Å². The molecule has 0 bridgehead atoms. The van der Waals surface area contributed by atoms with E-state index < -0.39 is 0 Å². The molecule has 0 fully saturated rings. The first-order valence-electron chi connectivity index (χ1n) is 6.91. The Morgan fingerprint density at radius 1 is 1.15 bits per heavy atom. The molecule has 2 aromatic heterocycles. The van der Waals surface area contributed by atoms with Gasteiger partial charge in [-0.15, -0.1) is 11.3 Å². The van der Waals surface area contributed by atoms with Gasteiger partial charge < -0.3 is 0 Å². The largest absolute Gasteiger partial charge is 0.237 e. The molecule has 3 rings (SSSR count). The minimum Gasteiger partial charge on any atom is -0.237 e. The lowest BCUT2D eigenvalue weighted by Crippen LogP contribution is -1.92. The van der Waals surface area contributed by atoms with Crippen molar-refractivity contribution in [3.05, 3.63) is 59.1 Å². The molecule has 0 amide bonds. The van der Waals surface area contributed by atoms with E-state index in [9.17, 15) is 0 Å². The quantitative estimate of drug-likeness (QED) is 0.599. The van der Waals surface area contributed by atoms with Crippen LogP contribution in [0.1, 0.15) is 24.6 Å². The number of pyridine rings is 1. The maximum absolute atomic E-state index is 4.79. The van der Waals surface area contributed by atoms with Crippen LogP contribution in [0.3, 0.4) is 0 Å². The van der Waals surface area contributed by atoms with Gasteiger partial charge in [0, 0.05) is 5.39 Å². The molecule has 2 heteroatoms. The van der Waals surface area contributed by atoms with Gasteiger partial charge in [0.1, 0.15) is 4.83 Å². The van der Waals surface area contributed by atoms with Crippen LogP contribution in [0, 0.1) is 6.92 Å². The molecule has 2 heterocycles. The van der Waals surface area contributed by atoms with E-state index in [1.807, 2.05) is 0 Å². The first-order valence-corrected chi connectivity index (χ1v) is 7.79. The van der Waals surface area contributed by atoms with Crippen molar-refractivity contribution in [1.29, 1.82) is 0 Å². The van der Waals surface area contributed by atoms with E-state index in [1.54, 1.807) is 11.3 Å². The van der Waals surface area contributed by atoms with Crippen molar-refractivity contribution in [3.63, 3.8) is 0 Å². The van der Waals surface area contributed by atoms with E-state index in [4.69, 9.17) is 4.98 Å². The Labute approximate surface area is 123 Å². The summed E-state index contributed by atoms with van der Waals surface area (Å²) in [7, 11) is 0. The summed E-state index contributed by atoms with van der Waals surface area (Å²) < 4.78 is 0. The number of hydrogen-bond donors (Lipinski definition) is 0. The van der Waals surface area contributed by atoms with Gasteiger partial charge in [-0.3, -0.25) is 0 Å². The zero-order chi connectivity index (χ0) is 13.9. The third kappa shape index (κ3) is 2.27. The van der Waals surface area contributed by atoms with Crippen LogP contribution >= 0.6 is 11.3 Å². The topological polar surface area (TPSA) is 12.9 Å². The maximum atomic E-state index is 4.79. The molecule has 0 saturated carbocycles. The molecule has 1 aromatic carbocycles. The van der Waals surface area contributed by atoms with Crippen LogP contribution in [-0.4, -0.2) is 4.98 Å². The number of allylic oxidation sites excluding steroid dienone is 1. The Bertz CT molecular complexity index is 754. The van der Waals surface area contributed by atoms with Crippen molar-refractivity contribution in [2.45, 2.75) is 20.3 Å². The fourth-order valence-corrected chi connectivity index (χ4v) is 3.25. The number of benzene rings is 1. The number of hydrogen-bond acceptors (Lipinski definition) is 2. The highest BCUT2D eigenvalue weighted by Crippen LogP contribution is 2.35. The Balaban J connectivity index is 2.31. The van der Waals surface area contributed by atoms with Crippen LogP contribution in [0.4, 0.5) is 0 Å². The predicted molar refractivity (Wildman–Crippen MR) is 89.1 cm³/mol. The first kappa shape index (κ1) is 13.1. The summed E-state index contributed by atoms with van der Waals surface area (Å²) in [5, 5.41) is 3.38. The molecule has 20 heavy (non-hydrogen) atoms. The fourth-order valence-electron chi connectivity index (χ4n) is 2.47. The summed E-state index contributed by atoms with van der Waals surface area (Å²) in [6.07, 6.45) is 5.34. The molecule has 100 valence electrons. The maximum Gasteiger partial charge on any atom is 0.124 e. The Morgan fingerprint density at radius 2 is 1.95 bits per heavy atom. The average molecular weight is 279 g/mol. The minimum atomic E-state index is 1.03. The third-order valence-corrected chi connectivity index (χ3v) is 4.28. The van der Waals surface area contributed by atoms with E-state index in [-0.39, 0.29) is 0 Å². The van der Waals surface area contributed by atoms with Gasteiger partial charge in [-0.1, -0.05) is 43.3 Å². The van der Waals surface area contributed by atoms with E-state index in [0.717, 1.165) is 16.9 Å². The normalized spacial score (nSPS) is 11.5. The summed E-state index contributed by atoms with van der Waals surface area (Å²) in [5.41, 5.74) is 4.92. The van der Waals surface area contributed by atoms with Gasteiger partial charge >= 0.3 is 0 Å². The monoisotopic (exact) mass is 279 g/mol. The van der Waals surface area contributed by atoms with Crippen LogP contribution in [0.15, 0.2) is 47.9 Å². The zero-order valence-electron chi connectivity index (χ0n) is 11.8. The molecule has 0 N–H and O–H groups in total. The standard InChI is InChI=1S/C18H17NS/c1-3-4-10-16-13(2)17(14-8-6-5-7-9-14)15-11-12-20-18(15)19-16/h4-12H,3H2,1-2H3/b10-4-. The Hall–Kier alpha value is -1.93. The molecule has 0 aliphatic rings. The highest BCUT2D eigenvalue weighted by Gasteiger charge is 2.12. The van der Waals surface area contributed by atoms with Crippen LogP contribution in [0.25, 0.3) is 27.4 Å². The highest BCUT2D eigenvalue weighted by molar-refractivity contribution is 7.16. The van der Waals surface area contributed by atoms with Crippen molar-refractivity contribution >= 4 is 27.6 Å². The fraction of sp³-hybridized carbons (Fsp3) is 0.167. The van der Waals surface area contributed by atoms with Crippen molar-refractivity contribution in [2.24, 2.45) is 0 Å². The Morgan fingerprint density at radius 3 is 2.70 bits per heavy atom. The van der Waals surface area contributed by atoms with E-state index in [2.05, 4.69) is 67.8 Å². The molecule has 0 aliphatic carbocycles. The van der Waals surface area contributed by atoms with Crippen LogP contribution in [0.5, 0.6) is 0 Å². The van der Waals surface area contributed by atoms with Crippen molar-refractivity contribution in [2.75, 3.05) is 0 Å². The second kappa shape index (κ2) is 5.59. The van der Waals surface area contributed by atoms with Crippen molar-refractivity contribution in [1.82, 2.24) is 4.98 Å². The third-order valence-electron chi connectivity index (χ3n) is 3.47. The van der Waals surface area contributed by atoms with Gasteiger partial charge in [0.05, 0.1) is 5.69 Å². The molecule has 0 aliphatic heterocycles. The summed E-state index contributed by atoms with van der Waals surface area (Å²) >= 11 is 1.71. The summed E-state index contributed by atoms with van der Waals surface area (Å²) in [6.45, 7) is 4.31. The number of nitrogens with zero attached hydrogens (tertiary/aromatic N) is 1. The zero-order valence-corrected chi connectivity index (χ0v) is 12.6. The SMILES string of the molecule is CC/C=C\c1nc2sccc2c(-c2ccccc2)c1C. The second-order valence-corrected chi connectivity index (χ2v) is 5.71. The lowest BCUT2D eigenvalue weighted by Gasteiger charge is -2.10. The van der Waals surface area contributed by atoms with E-state index in [0.29, 0.717) is 0 Å². The number of rotatable bonds is 3. The van der Waals surface area contributed by atoms with Gasteiger partial charge in [-0.2, -0.15) is 0 Å². The number of fused-ring (bicyclic) bond motifs is 1. The van der Waals surface area contributed by atoms with Gasteiger partial charge in [-0.05, 0) is 47.6 Å². The molecule has 0 unspecified atom stereocenters. The lowest BCUT2D eigenvalue weighted by atomic mass is 9.97. The first-order chi connectivity index (χ1) is 9.81. The molecular formula is C18H17NS. The highest BCUT2D eigenvalue weighted by atomic mass is 32.1. The average Bonchev–Trinajstić information content (AvgIpc) is 2.93. The summed E-state index contributed by atoms with van der Waals surface area (Å²) in [4.78, 5) is 5.91. The van der Waals surface area contributed by atoms with Crippen LogP contribution in [0.2, 0.25) is 0 Å². The van der Waals surface area contributed by atoms with Gasteiger partial charge in [0.15, 0.2) is 0 Å². The van der Waals surface area contributed by atoms with Gasteiger partial charge in [0.2, 0.25) is 0 Å². The van der Waals surface area contributed by atoms with Crippen LogP contribution < -0.4 is 0 Å². The molecule has 0 spiro atoms. The molecule has 3 aromatic rings. The molecule has 1 nitrogen and oxygen atoms in total. The predicted octanol–water partition coefficient (Wildman–Crippen LogP) is 5.69. The Kier molecular flexibility index (Phi) is 3.66. The van der Waals surface area contributed by atoms with Gasteiger partial charge in [-0.25, -0.2) is 4.98 Å². The second-order valence-electron chi connectivity index (χ2n) is 4.81. The molecule has 0 radical (unpaired) electrons. The van der Waals surface area contributed by atoms with Crippen LogP contribution in [-0.2, 0) is 0 Å². The number of aromatic nitrogens is 1.